The van der Waals surface area contributed by atoms with Crippen LogP contribution in [0.5, 0.6) is 28.7 Å². The molecule has 1 unspecified atom stereocenters. The van der Waals surface area contributed by atoms with Crippen molar-refractivity contribution < 1.29 is 28.3 Å². The van der Waals surface area contributed by atoms with Gasteiger partial charge in [0.05, 0.1) is 32.3 Å². The monoisotopic (exact) mass is 484 g/mol. The van der Waals surface area contributed by atoms with Gasteiger partial charge in [0.15, 0.2) is 35.7 Å². The third-order valence-corrected chi connectivity index (χ3v) is 7.36. The van der Waals surface area contributed by atoms with Gasteiger partial charge in [-0.15, -0.1) is 0 Å². The zero-order chi connectivity index (χ0) is 24.6. The van der Waals surface area contributed by atoms with Gasteiger partial charge in [0.1, 0.15) is 5.75 Å². The molecule has 2 aliphatic heterocycles. The molecule has 36 heavy (non-hydrogen) atoms. The Morgan fingerprint density at radius 1 is 0.889 bits per heavy atom. The molecule has 0 amide bonds. The summed E-state index contributed by atoms with van der Waals surface area (Å²) in [7, 11) is 5.07. The third kappa shape index (κ3) is 3.87. The number of ether oxygens (including phenoxy) is 5. The molecule has 3 heterocycles. The predicted molar refractivity (Wildman–Crippen MR) is 137 cm³/mol. The normalized spacial score (nSPS) is 15.4. The number of pyridine rings is 1. The van der Waals surface area contributed by atoms with Gasteiger partial charge in [-0.1, -0.05) is 12.1 Å². The summed E-state index contributed by atoms with van der Waals surface area (Å²) in [6.45, 7) is 1.16. The van der Waals surface area contributed by atoms with Crippen LogP contribution in [0.1, 0.15) is 29.9 Å². The molecule has 1 atom stereocenters. The van der Waals surface area contributed by atoms with Gasteiger partial charge in [0.2, 0.25) is 12.5 Å². The van der Waals surface area contributed by atoms with E-state index in [-0.39, 0.29) is 6.79 Å². The minimum Gasteiger partial charge on any atom is -0.497 e. The van der Waals surface area contributed by atoms with Crippen molar-refractivity contribution in [2.75, 3.05) is 28.1 Å². The summed E-state index contributed by atoms with van der Waals surface area (Å²) >= 11 is 0. The fourth-order valence-electron chi connectivity index (χ4n) is 5.51. The Kier molecular flexibility index (Phi) is 5.80. The van der Waals surface area contributed by atoms with E-state index in [1.54, 1.807) is 21.3 Å². The van der Waals surface area contributed by atoms with Crippen molar-refractivity contribution in [3.8, 4) is 40.0 Å². The Hall–Kier alpha value is -3.93. The molecule has 6 rings (SSSR count). The predicted octanol–water partition coefficient (Wildman–Crippen LogP) is 5.67. The van der Waals surface area contributed by atoms with Crippen LogP contribution < -0.4 is 28.3 Å². The average molecular weight is 485 g/mol. The maximum atomic E-state index is 5.75. The van der Waals surface area contributed by atoms with Gasteiger partial charge >= 0.3 is 0 Å². The molecule has 0 spiro atoms. The number of benzene rings is 3. The zero-order valence-electron chi connectivity index (χ0n) is 20.9. The van der Waals surface area contributed by atoms with Crippen LogP contribution in [0, 0.1) is 0 Å². The first-order chi connectivity index (χ1) is 17.7. The first-order valence-corrected chi connectivity index (χ1v) is 12.3. The van der Waals surface area contributed by atoms with Crippen molar-refractivity contribution in [1.29, 1.82) is 0 Å². The van der Waals surface area contributed by atoms with Gasteiger partial charge in [-0.3, -0.25) is 0 Å². The molecule has 6 nitrogen and oxygen atoms in total. The smallest absolute Gasteiger partial charge is 0.231 e. The fourth-order valence-corrected chi connectivity index (χ4v) is 5.51. The summed E-state index contributed by atoms with van der Waals surface area (Å²) in [6, 6.07) is 19.0. The van der Waals surface area contributed by atoms with Crippen molar-refractivity contribution in [2.24, 2.45) is 0 Å². The Bertz CT molecular complexity index is 1430. The van der Waals surface area contributed by atoms with Gasteiger partial charge in [-0.25, -0.2) is 0 Å². The SMILES string of the molecule is COc1ccc(CCCC2C[n+]3cc4c(OC)c(OC)ccc4cc3-c3cc4c(cc32)OCO4)cc1. The number of hydrogen-bond donors (Lipinski definition) is 0. The minimum atomic E-state index is 0.273. The van der Waals surface area contributed by atoms with E-state index < -0.39 is 0 Å². The second-order valence-electron chi connectivity index (χ2n) is 9.34. The van der Waals surface area contributed by atoms with Crippen LogP contribution >= 0.6 is 0 Å². The number of rotatable bonds is 7. The highest BCUT2D eigenvalue weighted by Gasteiger charge is 2.34. The van der Waals surface area contributed by atoms with Gasteiger partial charge in [-0.05, 0) is 72.2 Å². The highest BCUT2D eigenvalue weighted by molar-refractivity contribution is 5.91. The quantitative estimate of drug-likeness (QED) is 0.317. The fraction of sp³-hybridized carbons (Fsp3) is 0.300. The standard InChI is InChI=1S/C30H30NO5/c1-32-22-10-7-19(8-11-22)5-4-6-21-16-31-17-25-20(9-12-27(33-2)30(25)34-3)13-26(31)24-15-29-28(14-23(21)24)35-18-36-29/h7-15,17,21H,4-6,16,18H2,1-3H3/q+1. The molecule has 6 heteroatoms. The van der Waals surface area contributed by atoms with E-state index in [0.717, 1.165) is 65.3 Å². The first-order valence-electron chi connectivity index (χ1n) is 12.3. The number of methoxy groups -OCH3 is 3. The molecule has 3 aromatic carbocycles. The minimum absolute atomic E-state index is 0.273. The molecule has 0 aliphatic carbocycles. The van der Waals surface area contributed by atoms with Gasteiger partial charge in [-0.2, -0.15) is 4.57 Å². The van der Waals surface area contributed by atoms with Crippen LogP contribution in [0.4, 0.5) is 0 Å². The summed E-state index contributed by atoms with van der Waals surface area (Å²) in [5, 5.41) is 2.15. The highest BCUT2D eigenvalue weighted by Crippen LogP contribution is 2.45. The summed E-state index contributed by atoms with van der Waals surface area (Å²) in [5.74, 6) is 4.41. The van der Waals surface area contributed by atoms with Crippen molar-refractivity contribution >= 4 is 10.8 Å². The lowest BCUT2D eigenvalue weighted by Crippen LogP contribution is -2.42. The number of nitrogens with zero attached hydrogens (tertiary/aromatic N) is 1. The number of aromatic nitrogens is 1. The lowest BCUT2D eigenvalue weighted by Gasteiger charge is -2.24. The summed E-state index contributed by atoms with van der Waals surface area (Å²) < 4.78 is 30.4. The zero-order valence-corrected chi connectivity index (χ0v) is 20.9. The summed E-state index contributed by atoms with van der Waals surface area (Å²) in [5.41, 5.74) is 5.04. The molecule has 4 aromatic rings. The van der Waals surface area contributed by atoms with E-state index >= 15 is 0 Å². The molecule has 2 aliphatic rings. The van der Waals surface area contributed by atoms with Gasteiger partial charge in [0, 0.05) is 12.0 Å². The third-order valence-electron chi connectivity index (χ3n) is 7.36. The molecule has 184 valence electrons. The van der Waals surface area contributed by atoms with E-state index in [1.807, 2.05) is 18.2 Å². The number of hydrogen-bond acceptors (Lipinski definition) is 5. The lowest BCUT2D eigenvalue weighted by atomic mass is 9.84. The van der Waals surface area contributed by atoms with Crippen LogP contribution in [-0.4, -0.2) is 28.1 Å². The molecule has 0 N–H and O–H groups in total. The van der Waals surface area contributed by atoms with E-state index in [4.69, 9.17) is 23.7 Å². The second kappa shape index (κ2) is 9.26. The number of aryl methyl sites for hydroxylation is 1. The van der Waals surface area contributed by atoms with Crippen LogP contribution in [0.25, 0.3) is 22.0 Å². The lowest BCUT2D eigenvalue weighted by molar-refractivity contribution is -0.689. The molecule has 1 aromatic heterocycles. The summed E-state index contributed by atoms with van der Waals surface area (Å²) in [4.78, 5) is 0. The highest BCUT2D eigenvalue weighted by atomic mass is 16.7. The molecule has 0 saturated carbocycles. The van der Waals surface area contributed by atoms with Gasteiger partial charge < -0.3 is 23.7 Å². The Morgan fingerprint density at radius 2 is 1.69 bits per heavy atom. The molecule has 0 fully saturated rings. The maximum Gasteiger partial charge on any atom is 0.231 e. The van der Waals surface area contributed by atoms with Crippen LogP contribution in [0.2, 0.25) is 0 Å². The largest absolute Gasteiger partial charge is 0.497 e. The first kappa shape index (κ1) is 22.5. The van der Waals surface area contributed by atoms with Crippen molar-refractivity contribution in [3.63, 3.8) is 0 Å². The average Bonchev–Trinajstić information content (AvgIpc) is 3.38. The van der Waals surface area contributed by atoms with Crippen LogP contribution in [-0.2, 0) is 13.0 Å². The molecular weight excluding hydrogens is 454 g/mol. The Labute approximate surface area is 210 Å². The van der Waals surface area contributed by atoms with E-state index in [0.29, 0.717) is 5.92 Å². The Balaban J connectivity index is 1.37. The van der Waals surface area contributed by atoms with Crippen molar-refractivity contribution in [2.45, 2.75) is 31.7 Å². The van der Waals surface area contributed by atoms with Gasteiger partial charge in [0.25, 0.3) is 0 Å². The van der Waals surface area contributed by atoms with Crippen molar-refractivity contribution in [3.05, 3.63) is 71.9 Å². The number of fused-ring (bicyclic) bond motifs is 5. The van der Waals surface area contributed by atoms with Crippen molar-refractivity contribution in [1.82, 2.24) is 0 Å². The molecule has 0 bridgehead atoms. The van der Waals surface area contributed by atoms with Crippen LogP contribution in [0.3, 0.4) is 0 Å². The van der Waals surface area contributed by atoms with Crippen LogP contribution in [0.15, 0.2) is 60.8 Å². The molecular formula is C30H30NO5+. The maximum absolute atomic E-state index is 5.75. The molecule has 0 radical (unpaired) electrons. The van der Waals surface area contributed by atoms with E-state index in [2.05, 4.69) is 47.2 Å². The summed E-state index contributed by atoms with van der Waals surface area (Å²) in [6.07, 6.45) is 5.39. The second-order valence-corrected chi connectivity index (χ2v) is 9.34. The topological polar surface area (TPSA) is 50.0 Å². The molecule has 0 saturated heterocycles. The van der Waals surface area contributed by atoms with E-state index in [1.165, 1.54) is 22.4 Å². The Morgan fingerprint density at radius 3 is 2.44 bits per heavy atom. The van der Waals surface area contributed by atoms with E-state index in [9.17, 15) is 0 Å².